The third kappa shape index (κ3) is 3.54. The smallest absolute Gasteiger partial charge is 0.387 e. The second kappa shape index (κ2) is 7.99. The lowest BCUT2D eigenvalue weighted by atomic mass is 9.66. The summed E-state index contributed by atoms with van der Waals surface area (Å²) in [6, 6.07) is 4.96. The Kier molecular flexibility index (Phi) is 4.28. The average molecular weight is 537 g/mol. The van der Waals surface area contributed by atoms with Crippen molar-refractivity contribution in [3.05, 3.63) is 71.2 Å². The molecule has 0 spiro atoms. The van der Waals surface area contributed by atoms with Crippen LogP contribution in [0.4, 0.5) is 8.78 Å². The molecule has 3 N–H and O–H groups in total. The predicted octanol–water partition coefficient (Wildman–Crippen LogP) is 3.15. The largest absolute Gasteiger partial charge is 0.434 e. The summed E-state index contributed by atoms with van der Waals surface area (Å²) in [7, 11) is 0. The van der Waals surface area contributed by atoms with Gasteiger partial charge in [-0.05, 0) is 31.5 Å². The van der Waals surface area contributed by atoms with Crippen LogP contribution in [0.25, 0.3) is 16.8 Å². The van der Waals surface area contributed by atoms with Crippen LogP contribution in [0, 0.1) is 0 Å². The monoisotopic (exact) mass is 536 g/mol. The summed E-state index contributed by atoms with van der Waals surface area (Å²) in [4.78, 5) is 27.6. The second-order valence-electron chi connectivity index (χ2n) is 10.8. The summed E-state index contributed by atoms with van der Waals surface area (Å²) in [5, 5.41) is 15.4. The number of hydrogen-bond donors (Lipinski definition) is 2. The quantitative estimate of drug-likeness (QED) is 0.407. The van der Waals surface area contributed by atoms with E-state index in [4.69, 9.17) is 14.6 Å². The summed E-state index contributed by atoms with van der Waals surface area (Å²) in [5.74, 6) is -1.39. The van der Waals surface area contributed by atoms with Crippen LogP contribution >= 0.6 is 0 Å². The number of benzene rings is 1. The van der Waals surface area contributed by atoms with Crippen LogP contribution < -0.4 is 10.5 Å². The van der Waals surface area contributed by atoms with Crippen molar-refractivity contribution >= 4 is 11.4 Å². The average Bonchev–Trinajstić information content (AvgIpc) is 3.39. The molecule has 3 aromatic heterocycles. The molecule has 12 heteroatoms. The van der Waals surface area contributed by atoms with Crippen LogP contribution in [-0.2, 0) is 5.60 Å². The highest BCUT2D eigenvalue weighted by atomic mass is 19.3. The summed E-state index contributed by atoms with van der Waals surface area (Å²) in [6.07, 6.45) is 5.34. The third-order valence-electron chi connectivity index (χ3n) is 7.86. The van der Waals surface area contributed by atoms with E-state index in [1.807, 2.05) is 6.92 Å². The summed E-state index contributed by atoms with van der Waals surface area (Å²) in [5.41, 5.74) is 7.09. The van der Waals surface area contributed by atoms with E-state index in [1.165, 1.54) is 29.0 Å². The van der Waals surface area contributed by atoms with Crippen LogP contribution in [0.1, 0.15) is 75.3 Å². The minimum Gasteiger partial charge on any atom is -0.434 e. The molecule has 1 aliphatic heterocycles. The number of rotatable bonds is 4. The number of hydrogen-bond acceptors (Lipinski definition) is 8. The summed E-state index contributed by atoms with van der Waals surface area (Å²) >= 11 is 0. The predicted molar refractivity (Wildman–Crippen MR) is 134 cm³/mol. The summed E-state index contributed by atoms with van der Waals surface area (Å²) in [6.45, 7) is -4.12. The maximum absolute atomic E-state index is 13.6. The number of nitrogens with zero attached hydrogens (tertiary/aromatic N) is 6. The van der Waals surface area contributed by atoms with E-state index in [-0.39, 0.29) is 29.1 Å². The molecule has 1 amide bonds. The molecule has 2 bridgehead atoms. The molecule has 1 saturated carbocycles. The Morgan fingerprint density at radius 3 is 2.69 bits per heavy atom. The fraction of sp³-hybridized carbons (Fsp3) is 0.370. The van der Waals surface area contributed by atoms with Crippen LogP contribution in [0.5, 0.6) is 5.75 Å². The zero-order valence-corrected chi connectivity index (χ0v) is 20.7. The Balaban J connectivity index is 1.36. The van der Waals surface area contributed by atoms with Crippen molar-refractivity contribution in [1.82, 2.24) is 29.5 Å². The first kappa shape index (κ1) is 20.9. The molecule has 3 aliphatic rings. The summed E-state index contributed by atoms with van der Waals surface area (Å²) < 4.78 is 57.6. The van der Waals surface area contributed by atoms with Crippen LogP contribution in [-0.4, -0.2) is 59.6 Å². The number of fused-ring (bicyclic) bond motifs is 9. The van der Waals surface area contributed by atoms with Gasteiger partial charge in [-0.1, -0.05) is 6.07 Å². The molecule has 0 saturated heterocycles. The molecular formula is C27H25F2N7O3. The molecule has 4 aromatic rings. The second-order valence-corrected chi connectivity index (χ2v) is 10.8. The zero-order chi connectivity index (χ0) is 29.8. The molecule has 1 fully saturated rings. The van der Waals surface area contributed by atoms with E-state index in [2.05, 4.69) is 20.1 Å². The van der Waals surface area contributed by atoms with Gasteiger partial charge in [0.15, 0.2) is 5.82 Å². The van der Waals surface area contributed by atoms with E-state index in [0.29, 0.717) is 40.9 Å². The zero-order valence-electron chi connectivity index (χ0n) is 23.7. The van der Waals surface area contributed by atoms with E-state index < -0.39 is 42.6 Å². The highest BCUT2D eigenvalue weighted by Gasteiger charge is 2.52. The Bertz CT molecular complexity index is 1750. The number of halogens is 2. The number of alkyl halides is 2. The first-order valence-corrected chi connectivity index (χ1v) is 12.4. The minimum absolute atomic E-state index is 0.0115. The molecule has 0 unspecified atom stereocenters. The topological polar surface area (TPSA) is 132 Å². The van der Waals surface area contributed by atoms with Gasteiger partial charge in [0.2, 0.25) is 0 Å². The number of aromatic nitrogens is 5. The fourth-order valence-corrected chi connectivity index (χ4v) is 6.40. The van der Waals surface area contributed by atoms with Gasteiger partial charge in [0, 0.05) is 70.0 Å². The van der Waals surface area contributed by atoms with Crippen molar-refractivity contribution in [2.24, 2.45) is 5.73 Å². The Labute approximate surface area is 225 Å². The van der Waals surface area contributed by atoms with E-state index in [1.54, 1.807) is 18.5 Å². The first-order valence-electron chi connectivity index (χ1n) is 13.9. The molecule has 1 aromatic carbocycles. The van der Waals surface area contributed by atoms with Gasteiger partial charge in [0.1, 0.15) is 17.7 Å². The van der Waals surface area contributed by atoms with E-state index >= 15 is 0 Å². The van der Waals surface area contributed by atoms with E-state index in [9.17, 15) is 18.7 Å². The van der Waals surface area contributed by atoms with Crippen molar-refractivity contribution in [1.29, 1.82) is 0 Å². The number of aliphatic hydroxyl groups is 1. The number of nitrogens with two attached hydrogens (primary N) is 1. The highest BCUT2D eigenvalue weighted by molar-refractivity contribution is 5.98. The molecular weight excluding hydrogens is 508 g/mol. The van der Waals surface area contributed by atoms with Gasteiger partial charge < -0.3 is 20.5 Å². The molecule has 10 nitrogen and oxygen atoms in total. The fourth-order valence-electron chi connectivity index (χ4n) is 6.40. The Hall–Kier alpha value is -4.03. The lowest BCUT2D eigenvalue weighted by Crippen LogP contribution is -2.58. The maximum Gasteiger partial charge on any atom is 0.387 e. The van der Waals surface area contributed by atoms with E-state index in [0.717, 1.165) is 4.90 Å². The standard InChI is InChI=1S/C27H25F2N7O3/c1-26(30)10-27(38,11-26)24-31-8-13(9-32-24)16-7-17-21-15-6-18(22(21)34-36(17)12-33-16)35(2)23(37)14-4-3-5-19(20(14)15)39-25(28)29/h3-5,7-9,12,15,18,25,38H,6,10-11,30H2,1-2H3/t15-,18-,26?,27?/m1/s1/i2D3. The number of ether oxygens (including phenoxy) is 1. The normalized spacial score (nSPS) is 28.8. The van der Waals surface area contributed by atoms with Crippen LogP contribution in [0.15, 0.2) is 43.0 Å². The number of carbonyl (C=O) groups excluding carboxylic acids is 1. The van der Waals surface area contributed by atoms with Gasteiger partial charge in [-0.15, -0.1) is 0 Å². The molecule has 0 radical (unpaired) electrons. The lowest BCUT2D eigenvalue weighted by Gasteiger charge is -2.48. The third-order valence-corrected chi connectivity index (χ3v) is 7.86. The van der Waals surface area contributed by atoms with Crippen LogP contribution in [0.3, 0.4) is 0 Å². The van der Waals surface area contributed by atoms with Crippen LogP contribution in [0.2, 0.25) is 0 Å². The molecule has 2 aliphatic carbocycles. The Morgan fingerprint density at radius 1 is 1.23 bits per heavy atom. The van der Waals surface area contributed by atoms with Crippen molar-refractivity contribution < 1.29 is 27.5 Å². The first-order chi connectivity index (χ1) is 19.8. The number of carbonyl (C=O) groups is 1. The van der Waals surface area contributed by atoms with Crippen molar-refractivity contribution in [2.75, 3.05) is 6.98 Å². The minimum atomic E-state index is -3.15. The van der Waals surface area contributed by atoms with Gasteiger partial charge in [-0.25, -0.2) is 19.5 Å². The molecule has 39 heavy (non-hydrogen) atoms. The maximum atomic E-state index is 13.6. The van der Waals surface area contributed by atoms with Crippen molar-refractivity contribution in [3.63, 3.8) is 0 Å². The van der Waals surface area contributed by atoms with Crippen molar-refractivity contribution in [2.45, 2.75) is 55.9 Å². The molecule has 200 valence electrons. The molecule has 2 atom stereocenters. The molecule has 7 rings (SSSR count). The van der Waals surface area contributed by atoms with Gasteiger partial charge in [-0.2, -0.15) is 13.9 Å². The Morgan fingerprint density at radius 2 is 2.00 bits per heavy atom. The number of amides is 1. The molecule has 4 heterocycles. The highest BCUT2D eigenvalue weighted by Crippen LogP contribution is 2.53. The van der Waals surface area contributed by atoms with Gasteiger partial charge >= 0.3 is 6.61 Å². The lowest BCUT2D eigenvalue weighted by molar-refractivity contribution is -0.0934. The van der Waals surface area contributed by atoms with Gasteiger partial charge in [0.05, 0.1) is 22.9 Å². The van der Waals surface area contributed by atoms with Crippen molar-refractivity contribution in [3.8, 4) is 17.0 Å². The SMILES string of the molecule is [2H]C([2H])([2H])N1C(=O)c2cccc(OC(F)F)c2[C@H]2C[C@@H]1c1nn3cnc(-c4cnc(C5(O)CC(C)(N)C5)nc4)cc3c12. The van der Waals surface area contributed by atoms with Gasteiger partial charge in [0.25, 0.3) is 5.91 Å². The van der Waals surface area contributed by atoms with Gasteiger partial charge in [-0.3, -0.25) is 4.79 Å².